The SMILES string of the molecule is COc1ccc(OC)c(C2CCCN2CC(=O)NC2CCCCC2)c1. The zero-order chi connectivity index (χ0) is 17.6. The second kappa shape index (κ2) is 8.56. The molecule has 138 valence electrons. The molecule has 1 saturated carbocycles. The van der Waals surface area contributed by atoms with Crippen molar-refractivity contribution in [2.45, 2.75) is 57.0 Å². The van der Waals surface area contributed by atoms with Crippen LogP contribution in [0.25, 0.3) is 0 Å². The summed E-state index contributed by atoms with van der Waals surface area (Å²) in [5.74, 6) is 1.85. The molecule has 2 aliphatic rings. The van der Waals surface area contributed by atoms with Gasteiger partial charge in [-0.05, 0) is 50.4 Å². The van der Waals surface area contributed by atoms with Crippen LogP contribution in [0, 0.1) is 0 Å². The number of likely N-dealkylation sites (tertiary alicyclic amines) is 1. The molecule has 1 aliphatic heterocycles. The first-order valence-electron chi connectivity index (χ1n) is 9.46. The Hall–Kier alpha value is -1.75. The summed E-state index contributed by atoms with van der Waals surface area (Å²) < 4.78 is 10.9. The summed E-state index contributed by atoms with van der Waals surface area (Å²) in [6.07, 6.45) is 8.16. The van der Waals surface area contributed by atoms with Crippen LogP contribution in [0.15, 0.2) is 18.2 Å². The molecule has 1 saturated heterocycles. The summed E-state index contributed by atoms with van der Waals surface area (Å²) in [4.78, 5) is 14.8. The third kappa shape index (κ3) is 4.46. The molecular weight excluding hydrogens is 316 g/mol. The standard InChI is InChI=1S/C20H30N2O3/c1-24-16-10-11-19(25-2)17(13-16)18-9-6-12-22(18)14-20(23)21-15-7-4-3-5-8-15/h10-11,13,15,18H,3-9,12,14H2,1-2H3,(H,21,23). The molecule has 25 heavy (non-hydrogen) atoms. The van der Waals surface area contributed by atoms with Crippen molar-refractivity contribution in [3.8, 4) is 11.5 Å². The van der Waals surface area contributed by atoms with Gasteiger partial charge in [0.05, 0.1) is 20.8 Å². The summed E-state index contributed by atoms with van der Waals surface area (Å²) in [5, 5.41) is 3.23. The van der Waals surface area contributed by atoms with Crippen LogP contribution in [0.2, 0.25) is 0 Å². The highest BCUT2D eigenvalue weighted by molar-refractivity contribution is 5.78. The molecule has 1 aliphatic carbocycles. The smallest absolute Gasteiger partial charge is 0.234 e. The van der Waals surface area contributed by atoms with E-state index in [1.54, 1.807) is 14.2 Å². The van der Waals surface area contributed by atoms with E-state index in [0.717, 1.165) is 49.3 Å². The summed E-state index contributed by atoms with van der Waals surface area (Å²) in [7, 11) is 3.37. The minimum Gasteiger partial charge on any atom is -0.497 e. The van der Waals surface area contributed by atoms with Gasteiger partial charge in [-0.25, -0.2) is 0 Å². The highest BCUT2D eigenvalue weighted by atomic mass is 16.5. The van der Waals surface area contributed by atoms with E-state index in [-0.39, 0.29) is 11.9 Å². The fraction of sp³-hybridized carbons (Fsp3) is 0.650. The molecule has 0 radical (unpaired) electrons. The van der Waals surface area contributed by atoms with Gasteiger partial charge in [-0.3, -0.25) is 9.69 Å². The zero-order valence-electron chi connectivity index (χ0n) is 15.4. The van der Waals surface area contributed by atoms with E-state index in [0.29, 0.717) is 12.6 Å². The average molecular weight is 346 g/mol. The van der Waals surface area contributed by atoms with Crippen LogP contribution in [0.4, 0.5) is 0 Å². The Morgan fingerprint density at radius 2 is 1.92 bits per heavy atom. The fourth-order valence-corrected chi connectivity index (χ4v) is 4.17. The monoisotopic (exact) mass is 346 g/mol. The number of carbonyl (C=O) groups excluding carboxylic acids is 1. The number of nitrogens with one attached hydrogen (secondary N) is 1. The molecule has 1 aromatic rings. The maximum absolute atomic E-state index is 12.5. The Morgan fingerprint density at radius 3 is 2.64 bits per heavy atom. The number of nitrogens with zero attached hydrogens (tertiary/aromatic N) is 1. The van der Waals surface area contributed by atoms with Crippen molar-refractivity contribution < 1.29 is 14.3 Å². The molecule has 0 spiro atoms. The van der Waals surface area contributed by atoms with Crippen LogP contribution in [0.1, 0.15) is 56.6 Å². The molecule has 1 aromatic carbocycles. The van der Waals surface area contributed by atoms with Crippen molar-refractivity contribution in [1.29, 1.82) is 0 Å². The van der Waals surface area contributed by atoms with Gasteiger partial charge in [-0.15, -0.1) is 0 Å². The molecule has 1 unspecified atom stereocenters. The fourth-order valence-electron chi connectivity index (χ4n) is 4.17. The first kappa shape index (κ1) is 18.1. The van der Waals surface area contributed by atoms with Crippen LogP contribution in [0.3, 0.4) is 0 Å². The highest BCUT2D eigenvalue weighted by Gasteiger charge is 2.30. The first-order chi connectivity index (χ1) is 12.2. The van der Waals surface area contributed by atoms with Gasteiger partial charge in [0.25, 0.3) is 0 Å². The van der Waals surface area contributed by atoms with Crippen molar-refractivity contribution in [1.82, 2.24) is 10.2 Å². The number of amides is 1. The molecular formula is C20H30N2O3. The van der Waals surface area contributed by atoms with Gasteiger partial charge in [0, 0.05) is 17.6 Å². The summed E-state index contributed by atoms with van der Waals surface area (Å²) in [5.41, 5.74) is 1.12. The Kier molecular flexibility index (Phi) is 6.19. The van der Waals surface area contributed by atoms with Crippen LogP contribution < -0.4 is 14.8 Å². The van der Waals surface area contributed by atoms with E-state index in [2.05, 4.69) is 10.2 Å². The van der Waals surface area contributed by atoms with E-state index >= 15 is 0 Å². The third-order valence-electron chi connectivity index (χ3n) is 5.48. The number of benzene rings is 1. The second-order valence-corrected chi connectivity index (χ2v) is 7.14. The number of methoxy groups -OCH3 is 2. The molecule has 1 heterocycles. The number of rotatable bonds is 6. The molecule has 1 N–H and O–H groups in total. The Balaban J connectivity index is 1.67. The Bertz CT molecular complexity index is 584. The molecule has 1 atom stereocenters. The maximum atomic E-state index is 12.5. The summed E-state index contributed by atoms with van der Waals surface area (Å²) >= 11 is 0. The van der Waals surface area contributed by atoms with Crippen molar-refractivity contribution in [3.05, 3.63) is 23.8 Å². The predicted molar refractivity (Wildman–Crippen MR) is 98.1 cm³/mol. The highest BCUT2D eigenvalue weighted by Crippen LogP contribution is 2.38. The lowest BCUT2D eigenvalue weighted by Gasteiger charge is -2.28. The molecule has 0 aromatic heterocycles. The molecule has 5 heteroatoms. The van der Waals surface area contributed by atoms with Gasteiger partial charge in [0.1, 0.15) is 11.5 Å². The van der Waals surface area contributed by atoms with Crippen molar-refractivity contribution in [2.24, 2.45) is 0 Å². The van der Waals surface area contributed by atoms with E-state index in [4.69, 9.17) is 9.47 Å². The quantitative estimate of drug-likeness (QED) is 0.859. The molecule has 1 amide bonds. The van der Waals surface area contributed by atoms with Crippen molar-refractivity contribution in [3.63, 3.8) is 0 Å². The van der Waals surface area contributed by atoms with Crippen LogP contribution >= 0.6 is 0 Å². The molecule has 5 nitrogen and oxygen atoms in total. The summed E-state index contributed by atoms with van der Waals surface area (Å²) in [6.45, 7) is 1.41. The molecule has 0 bridgehead atoms. The van der Waals surface area contributed by atoms with E-state index in [1.807, 2.05) is 18.2 Å². The zero-order valence-corrected chi connectivity index (χ0v) is 15.4. The molecule has 3 rings (SSSR count). The average Bonchev–Trinajstić information content (AvgIpc) is 3.09. The van der Waals surface area contributed by atoms with Crippen molar-refractivity contribution in [2.75, 3.05) is 27.3 Å². The number of ether oxygens (including phenoxy) is 2. The lowest BCUT2D eigenvalue weighted by Crippen LogP contribution is -2.42. The van der Waals surface area contributed by atoms with Gasteiger partial charge in [0.2, 0.25) is 5.91 Å². The number of hydrogen-bond donors (Lipinski definition) is 1. The minimum absolute atomic E-state index is 0.153. The van der Waals surface area contributed by atoms with E-state index < -0.39 is 0 Å². The normalized spacial score (nSPS) is 21.9. The van der Waals surface area contributed by atoms with Crippen LogP contribution in [-0.2, 0) is 4.79 Å². The Morgan fingerprint density at radius 1 is 1.12 bits per heavy atom. The first-order valence-corrected chi connectivity index (χ1v) is 9.46. The summed E-state index contributed by atoms with van der Waals surface area (Å²) in [6, 6.07) is 6.49. The lowest BCUT2D eigenvalue weighted by atomic mass is 9.95. The number of carbonyl (C=O) groups is 1. The van der Waals surface area contributed by atoms with Gasteiger partial charge in [0.15, 0.2) is 0 Å². The van der Waals surface area contributed by atoms with E-state index in [9.17, 15) is 4.79 Å². The van der Waals surface area contributed by atoms with Crippen molar-refractivity contribution >= 4 is 5.91 Å². The van der Waals surface area contributed by atoms with E-state index in [1.165, 1.54) is 19.3 Å². The van der Waals surface area contributed by atoms with Crippen LogP contribution in [-0.4, -0.2) is 44.2 Å². The van der Waals surface area contributed by atoms with Gasteiger partial charge >= 0.3 is 0 Å². The molecule has 2 fully saturated rings. The van der Waals surface area contributed by atoms with Gasteiger partial charge < -0.3 is 14.8 Å². The van der Waals surface area contributed by atoms with Gasteiger partial charge in [-0.2, -0.15) is 0 Å². The third-order valence-corrected chi connectivity index (χ3v) is 5.48. The Labute approximate surface area is 150 Å². The maximum Gasteiger partial charge on any atom is 0.234 e. The predicted octanol–water partition coefficient (Wildman–Crippen LogP) is 3.29. The minimum atomic E-state index is 0.153. The largest absolute Gasteiger partial charge is 0.497 e. The lowest BCUT2D eigenvalue weighted by molar-refractivity contribution is -0.123. The van der Waals surface area contributed by atoms with Crippen LogP contribution in [0.5, 0.6) is 11.5 Å². The topological polar surface area (TPSA) is 50.8 Å². The van der Waals surface area contributed by atoms with Gasteiger partial charge in [-0.1, -0.05) is 19.3 Å². The second-order valence-electron chi connectivity index (χ2n) is 7.14. The number of hydrogen-bond acceptors (Lipinski definition) is 4.